The molecule has 1 rings (SSSR count). The predicted molar refractivity (Wildman–Crippen MR) is 135 cm³/mol. The molecule has 0 atom stereocenters. The summed E-state index contributed by atoms with van der Waals surface area (Å²) in [6.07, 6.45) is 0.821. The van der Waals surface area contributed by atoms with Crippen LogP contribution in [0.2, 0.25) is 0 Å². The Morgan fingerprint density at radius 3 is 1.74 bits per heavy atom. The van der Waals surface area contributed by atoms with Gasteiger partial charge in [0.15, 0.2) is 0 Å². The third kappa shape index (κ3) is 14.8. The first-order valence-corrected chi connectivity index (χ1v) is 12.5. The molecule has 14 heteroatoms. The van der Waals surface area contributed by atoms with E-state index in [9.17, 15) is 28.8 Å². The van der Waals surface area contributed by atoms with Gasteiger partial charge in [0.25, 0.3) is 11.8 Å². The van der Waals surface area contributed by atoms with Crippen LogP contribution < -0.4 is 21.3 Å². The molecule has 4 N–H and O–H groups in total. The molecule has 214 valence electrons. The van der Waals surface area contributed by atoms with Crippen molar-refractivity contribution < 1.29 is 43.0 Å². The standard InChI is InChI=1S/C24H39N5O9/c1-16(2)27-23(34)37-14-18(15-38-24(35)28-17(3)4)36-13-5-6-19(30)25-10-11-26-20(31)9-12-29-21(32)7-8-22(29)33/h7-8,16-18H,5-6,9-15H2,1-4H3,(H,25,30)(H,26,31)(H,27,34)(H,28,35). The number of alkyl carbamates (subject to hydrolysis) is 2. The molecular formula is C24H39N5O9. The van der Waals surface area contributed by atoms with Gasteiger partial charge in [-0.3, -0.25) is 24.1 Å². The van der Waals surface area contributed by atoms with Crippen LogP contribution in [0.3, 0.4) is 0 Å². The van der Waals surface area contributed by atoms with Gasteiger partial charge in [0.05, 0.1) is 0 Å². The summed E-state index contributed by atoms with van der Waals surface area (Å²) >= 11 is 0. The number of hydrogen-bond acceptors (Lipinski definition) is 9. The molecule has 38 heavy (non-hydrogen) atoms. The zero-order valence-electron chi connectivity index (χ0n) is 22.4. The van der Waals surface area contributed by atoms with Crippen LogP contribution in [0.1, 0.15) is 47.0 Å². The molecule has 0 aromatic heterocycles. The molecule has 0 aromatic rings. The Kier molecular flexibility index (Phi) is 15.1. The summed E-state index contributed by atoms with van der Waals surface area (Å²) in [5.74, 6) is -1.49. The van der Waals surface area contributed by atoms with Crippen molar-refractivity contribution in [1.82, 2.24) is 26.2 Å². The summed E-state index contributed by atoms with van der Waals surface area (Å²) in [4.78, 5) is 71.2. The second-order valence-electron chi connectivity index (χ2n) is 9.00. The molecule has 0 saturated carbocycles. The van der Waals surface area contributed by atoms with Crippen molar-refractivity contribution in [3.8, 4) is 0 Å². The molecule has 0 saturated heterocycles. The normalized spacial score (nSPS) is 12.8. The van der Waals surface area contributed by atoms with Crippen molar-refractivity contribution in [3.05, 3.63) is 12.2 Å². The highest BCUT2D eigenvalue weighted by Gasteiger charge is 2.23. The van der Waals surface area contributed by atoms with Crippen LogP contribution in [0, 0.1) is 0 Å². The van der Waals surface area contributed by atoms with E-state index >= 15 is 0 Å². The van der Waals surface area contributed by atoms with Crippen molar-refractivity contribution >= 4 is 35.8 Å². The van der Waals surface area contributed by atoms with Gasteiger partial charge in [-0.15, -0.1) is 0 Å². The number of carbonyl (C=O) groups is 6. The Hall–Kier alpha value is -3.68. The Morgan fingerprint density at radius 2 is 1.26 bits per heavy atom. The van der Waals surface area contributed by atoms with Gasteiger partial charge in [0, 0.05) is 63.3 Å². The maximum atomic E-state index is 12.0. The lowest BCUT2D eigenvalue weighted by molar-refractivity contribution is -0.137. The molecule has 0 spiro atoms. The first-order valence-electron chi connectivity index (χ1n) is 12.5. The number of rotatable bonds is 17. The maximum Gasteiger partial charge on any atom is 0.407 e. The highest BCUT2D eigenvalue weighted by Crippen LogP contribution is 2.04. The SMILES string of the molecule is CC(C)NC(=O)OCC(COC(=O)NC(C)C)OCCCC(=O)NCCNC(=O)CCN1C(=O)C=CC1=O. The van der Waals surface area contributed by atoms with Crippen molar-refractivity contribution in [1.29, 1.82) is 0 Å². The minimum Gasteiger partial charge on any atom is -0.447 e. The lowest BCUT2D eigenvalue weighted by Gasteiger charge is -2.19. The number of nitrogens with zero attached hydrogens (tertiary/aromatic N) is 1. The molecular weight excluding hydrogens is 502 g/mol. The van der Waals surface area contributed by atoms with E-state index in [0.29, 0.717) is 6.42 Å². The molecule has 1 heterocycles. The molecule has 1 aliphatic rings. The van der Waals surface area contributed by atoms with Crippen LogP contribution >= 0.6 is 0 Å². The predicted octanol–water partition coefficient (Wildman–Crippen LogP) is -0.0315. The van der Waals surface area contributed by atoms with Gasteiger partial charge in [-0.05, 0) is 34.1 Å². The lowest BCUT2D eigenvalue weighted by atomic mass is 10.3. The zero-order chi connectivity index (χ0) is 28.5. The smallest absolute Gasteiger partial charge is 0.407 e. The van der Waals surface area contributed by atoms with Gasteiger partial charge in [-0.2, -0.15) is 0 Å². The van der Waals surface area contributed by atoms with E-state index in [0.717, 1.165) is 17.1 Å². The molecule has 0 bridgehead atoms. The van der Waals surface area contributed by atoms with Gasteiger partial charge in [-0.1, -0.05) is 0 Å². The average Bonchev–Trinajstić information content (AvgIpc) is 3.15. The van der Waals surface area contributed by atoms with Gasteiger partial charge in [0.2, 0.25) is 11.8 Å². The minimum atomic E-state index is -0.717. The number of imide groups is 1. The third-order valence-electron chi connectivity index (χ3n) is 4.75. The van der Waals surface area contributed by atoms with Gasteiger partial charge < -0.3 is 35.5 Å². The van der Waals surface area contributed by atoms with Crippen molar-refractivity contribution in [2.45, 2.75) is 65.1 Å². The van der Waals surface area contributed by atoms with Crippen molar-refractivity contribution in [3.63, 3.8) is 0 Å². The van der Waals surface area contributed by atoms with E-state index in [1.54, 1.807) is 27.7 Å². The topological polar surface area (TPSA) is 181 Å². The number of nitrogens with one attached hydrogen (secondary N) is 4. The minimum absolute atomic E-state index is 0.00920. The summed E-state index contributed by atoms with van der Waals surface area (Å²) in [6.45, 7) is 7.39. The summed E-state index contributed by atoms with van der Waals surface area (Å²) < 4.78 is 15.9. The molecule has 0 aromatic carbocycles. The molecule has 6 amide bonds. The van der Waals surface area contributed by atoms with Crippen LogP contribution in [0.25, 0.3) is 0 Å². The van der Waals surface area contributed by atoms with E-state index in [4.69, 9.17) is 14.2 Å². The van der Waals surface area contributed by atoms with Gasteiger partial charge in [-0.25, -0.2) is 9.59 Å². The summed E-state index contributed by atoms with van der Waals surface area (Å²) in [6, 6.07) is -0.212. The molecule has 0 aliphatic carbocycles. The Balaban J connectivity index is 2.24. The number of hydrogen-bond donors (Lipinski definition) is 4. The Labute approximate surface area is 222 Å². The lowest BCUT2D eigenvalue weighted by Crippen LogP contribution is -2.38. The summed E-state index contributed by atoms with van der Waals surface area (Å²) in [7, 11) is 0. The number of ether oxygens (including phenoxy) is 3. The molecule has 14 nitrogen and oxygen atoms in total. The Bertz CT molecular complexity index is 816. The first kappa shape index (κ1) is 32.3. The van der Waals surface area contributed by atoms with Crippen LogP contribution in [-0.4, -0.2) is 98.4 Å². The fourth-order valence-corrected chi connectivity index (χ4v) is 2.96. The fourth-order valence-electron chi connectivity index (χ4n) is 2.96. The maximum absolute atomic E-state index is 12.0. The third-order valence-corrected chi connectivity index (χ3v) is 4.75. The number of amides is 6. The largest absolute Gasteiger partial charge is 0.447 e. The fraction of sp³-hybridized carbons (Fsp3) is 0.667. The second kappa shape index (κ2) is 17.7. The van der Waals surface area contributed by atoms with Crippen LogP contribution in [0.4, 0.5) is 9.59 Å². The van der Waals surface area contributed by atoms with E-state index in [-0.39, 0.29) is 76.2 Å². The molecule has 0 radical (unpaired) electrons. The summed E-state index contributed by atoms with van der Waals surface area (Å²) in [5.41, 5.74) is 0. The monoisotopic (exact) mass is 541 g/mol. The van der Waals surface area contributed by atoms with E-state index in [1.165, 1.54) is 0 Å². The van der Waals surface area contributed by atoms with E-state index < -0.39 is 30.1 Å². The van der Waals surface area contributed by atoms with Gasteiger partial charge in [0.1, 0.15) is 19.3 Å². The van der Waals surface area contributed by atoms with Crippen molar-refractivity contribution in [2.24, 2.45) is 0 Å². The zero-order valence-corrected chi connectivity index (χ0v) is 22.4. The molecule has 1 aliphatic heterocycles. The van der Waals surface area contributed by atoms with E-state index in [1.807, 2.05) is 0 Å². The van der Waals surface area contributed by atoms with Crippen LogP contribution in [0.5, 0.6) is 0 Å². The Morgan fingerprint density at radius 1 is 0.789 bits per heavy atom. The first-order chi connectivity index (χ1) is 18.0. The second-order valence-corrected chi connectivity index (χ2v) is 9.00. The quantitative estimate of drug-likeness (QED) is 0.145. The average molecular weight is 542 g/mol. The molecule has 0 fully saturated rings. The number of carbonyl (C=O) groups excluding carboxylic acids is 6. The highest BCUT2D eigenvalue weighted by molar-refractivity contribution is 6.13. The van der Waals surface area contributed by atoms with E-state index in [2.05, 4.69) is 21.3 Å². The molecule has 0 unspecified atom stereocenters. The van der Waals surface area contributed by atoms with Gasteiger partial charge >= 0.3 is 12.2 Å². The summed E-state index contributed by atoms with van der Waals surface area (Å²) in [5, 5.41) is 10.4. The van der Waals surface area contributed by atoms with Crippen LogP contribution in [0.15, 0.2) is 12.2 Å². The van der Waals surface area contributed by atoms with Crippen molar-refractivity contribution in [2.75, 3.05) is 39.5 Å². The highest BCUT2D eigenvalue weighted by atomic mass is 16.6. The van der Waals surface area contributed by atoms with Crippen LogP contribution in [-0.2, 0) is 33.4 Å².